The van der Waals surface area contributed by atoms with Gasteiger partial charge in [-0.15, -0.1) is 24.8 Å². The average Bonchev–Trinajstić information content (AvgIpc) is 3.02. The van der Waals surface area contributed by atoms with Gasteiger partial charge in [-0.3, -0.25) is 4.90 Å². The molecule has 1 aliphatic heterocycles. The highest BCUT2D eigenvalue weighted by atomic mass is 35.5. The Balaban J connectivity index is 0.00000140. The van der Waals surface area contributed by atoms with Crippen molar-refractivity contribution in [2.24, 2.45) is 5.92 Å². The maximum Gasteiger partial charge on any atom is 0.0491 e. The molecule has 0 amide bonds. The lowest BCUT2D eigenvalue weighted by atomic mass is 9.89. The lowest BCUT2D eigenvalue weighted by Gasteiger charge is -2.38. The Labute approximate surface area is 181 Å². The molecule has 0 bridgehead atoms. The number of nitrogens with zero attached hydrogens (tertiary/aromatic N) is 2. The van der Waals surface area contributed by atoms with E-state index in [1.54, 1.807) is 0 Å². The van der Waals surface area contributed by atoms with Gasteiger partial charge >= 0.3 is 0 Å². The molecule has 1 fully saturated rings. The van der Waals surface area contributed by atoms with Crippen LogP contribution in [0.3, 0.4) is 0 Å². The summed E-state index contributed by atoms with van der Waals surface area (Å²) in [7, 11) is 0. The van der Waals surface area contributed by atoms with Gasteiger partial charge in [-0.2, -0.15) is 0 Å². The molecule has 3 nitrogen and oxygen atoms in total. The number of benzene rings is 2. The maximum atomic E-state index is 3.50. The van der Waals surface area contributed by atoms with Crippen LogP contribution in [0.5, 0.6) is 0 Å². The molecular formula is C23H33Cl2N3. The third-order valence-corrected chi connectivity index (χ3v) is 6.18. The summed E-state index contributed by atoms with van der Waals surface area (Å²) < 4.78 is 2.44. The minimum absolute atomic E-state index is 0. The second kappa shape index (κ2) is 9.98. The van der Waals surface area contributed by atoms with E-state index in [0.717, 1.165) is 32.7 Å². The fourth-order valence-corrected chi connectivity index (χ4v) is 4.68. The first kappa shape index (κ1) is 23.0. The number of halogens is 2. The van der Waals surface area contributed by atoms with Crippen molar-refractivity contribution in [3.05, 3.63) is 48.0 Å². The molecule has 28 heavy (non-hydrogen) atoms. The summed E-state index contributed by atoms with van der Waals surface area (Å²) in [6.45, 7) is 12.5. The highest BCUT2D eigenvalue weighted by Gasteiger charge is 2.27. The van der Waals surface area contributed by atoms with Gasteiger partial charge in [0.1, 0.15) is 0 Å². The van der Waals surface area contributed by atoms with Crippen molar-refractivity contribution >= 4 is 46.6 Å². The quantitative estimate of drug-likeness (QED) is 0.573. The number of aromatic nitrogens is 1. The van der Waals surface area contributed by atoms with Crippen LogP contribution in [0.25, 0.3) is 21.8 Å². The molecule has 0 aliphatic carbocycles. The summed E-state index contributed by atoms with van der Waals surface area (Å²) in [5.41, 5.74) is 4.19. The van der Waals surface area contributed by atoms with E-state index in [0.29, 0.717) is 12.0 Å². The van der Waals surface area contributed by atoms with Crippen LogP contribution in [0.2, 0.25) is 0 Å². The Hall–Kier alpha value is -1.26. The number of hydrogen-bond donors (Lipinski definition) is 1. The molecule has 3 aromatic rings. The van der Waals surface area contributed by atoms with E-state index >= 15 is 0 Å². The molecule has 2 aromatic carbocycles. The Morgan fingerprint density at radius 3 is 2.29 bits per heavy atom. The second-order valence-electron chi connectivity index (χ2n) is 7.65. The number of piperazine rings is 1. The van der Waals surface area contributed by atoms with Crippen LogP contribution in [-0.2, 0) is 6.54 Å². The zero-order chi connectivity index (χ0) is 18.1. The first-order valence-corrected chi connectivity index (χ1v) is 10.2. The van der Waals surface area contributed by atoms with Crippen molar-refractivity contribution in [3.63, 3.8) is 0 Å². The van der Waals surface area contributed by atoms with Crippen molar-refractivity contribution in [1.29, 1.82) is 0 Å². The van der Waals surface area contributed by atoms with Crippen molar-refractivity contribution < 1.29 is 0 Å². The SMILES string of the molecule is CCC(C)[C@@H](c1ccc2c(c1)c1ccccc1n2CC)N1CCNCC1.Cl.Cl. The van der Waals surface area contributed by atoms with Gasteiger partial charge in [-0.25, -0.2) is 0 Å². The van der Waals surface area contributed by atoms with Crippen molar-refractivity contribution in [2.45, 2.75) is 39.8 Å². The summed E-state index contributed by atoms with van der Waals surface area (Å²) in [5.74, 6) is 0.657. The normalized spacial score (nSPS) is 17.1. The predicted molar refractivity (Wildman–Crippen MR) is 126 cm³/mol. The van der Waals surface area contributed by atoms with Gasteiger partial charge in [0, 0.05) is 60.6 Å². The van der Waals surface area contributed by atoms with Crippen LogP contribution in [0.4, 0.5) is 0 Å². The summed E-state index contributed by atoms with van der Waals surface area (Å²) in [5, 5.41) is 6.29. The molecular weight excluding hydrogens is 389 g/mol. The Bertz CT molecular complexity index is 899. The summed E-state index contributed by atoms with van der Waals surface area (Å²) >= 11 is 0. The van der Waals surface area contributed by atoms with Gasteiger partial charge in [0.05, 0.1) is 0 Å². The lowest BCUT2D eigenvalue weighted by molar-refractivity contribution is 0.128. The van der Waals surface area contributed by atoms with Gasteiger partial charge in [0.2, 0.25) is 0 Å². The third kappa shape index (κ3) is 4.04. The number of hydrogen-bond acceptors (Lipinski definition) is 2. The molecule has 1 unspecified atom stereocenters. The molecule has 1 N–H and O–H groups in total. The number of para-hydroxylation sites is 1. The molecule has 2 heterocycles. The fraction of sp³-hybridized carbons (Fsp3) is 0.478. The molecule has 0 spiro atoms. The standard InChI is InChI=1S/C23H31N3.2ClH/c1-4-17(3)23(25-14-12-24-13-15-25)18-10-11-22-20(16-18)19-8-6-7-9-21(19)26(22)5-2;;/h6-11,16-17,23-24H,4-5,12-15H2,1-3H3;2*1H/t17?,23-;;/m0../s1. The lowest BCUT2D eigenvalue weighted by Crippen LogP contribution is -2.46. The van der Waals surface area contributed by atoms with Crippen molar-refractivity contribution in [2.75, 3.05) is 26.2 Å². The van der Waals surface area contributed by atoms with E-state index in [1.165, 1.54) is 33.8 Å². The molecule has 1 saturated heterocycles. The maximum absolute atomic E-state index is 3.50. The van der Waals surface area contributed by atoms with Crippen LogP contribution in [0, 0.1) is 5.92 Å². The fourth-order valence-electron chi connectivity index (χ4n) is 4.68. The molecule has 1 aliphatic rings. The average molecular weight is 422 g/mol. The van der Waals surface area contributed by atoms with Gasteiger partial charge in [-0.1, -0.05) is 44.5 Å². The Morgan fingerprint density at radius 2 is 1.61 bits per heavy atom. The summed E-state index contributed by atoms with van der Waals surface area (Å²) in [6.07, 6.45) is 1.21. The zero-order valence-electron chi connectivity index (χ0n) is 17.1. The first-order chi connectivity index (χ1) is 12.7. The van der Waals surface area contributed by atoms with Crippen LogP contribution < -0.4 is 5.32 Å². The monoisotopic (exact) mass is 421 g/mol. The smallest absolute Gasteiger partial charge is 0.0491 e. The van der Waals surface area contributed by atoms with Crippen molar-refractivity contribution in [3.8, 4) is 0 Å². The van der Waals surface area contributed by atoms with E-state index in [4.69, 9.17) is 0 Å². The number of nitrogens with one attached hydrogen (secondary N) is 1. The highest BCUT2D eigenvalue weighted by molar-refractivity contribution is 6.08. The van der Waals surface area contributed by atoms with Crippen molar-refractivity contribution in [1.82, 2.24) is 14.8 Å². The number of fused-ring (bicyclic) bond motifs is 3. The predicted octanol–water partition coefficient (Wildman–Crippen LogP) is 5.65. The van der Waals surface area contributed by atoms with E-state index in [1.807, 2.05) is 0 Å². The van der Waals surface area contributed by atoms with Gasteiger partial charge in [0.15, 0.2) is 0 Å². The first-order valence-electron chi connectivity index (χ1n) is 10.2. The van der Waals surface area contributed by atoms with E-state index in [-0.39, 0.29) is 24.8 Å². The number of rotatable bonds is 5. The molecule has 154 valence electrons. The molecule has 0 radical (unpaired) electrons. The molecule has 0 saturated carbocycles. The van der Waals surface area contributed by atoms with Gasteiger partial charge in [0.25, 0.3) is 0 Å². The highest BCUT2D eigenvalue weighted by Crippen LogP contribution is 2.36. The molecule has 5 heteroatoms. The van der Waals surface area contributed by atoms with Gasteiger partial charge < -0.3 is 9.88 Å². The van der Waals surface area contributed by atoms with Gasteiger partial charge in [-0.05, 0) is 36.6 Å². The van der Waals surface area contributed by atoms with E-state index in [2.05, 4.69) is 78.0 Å². The topological polar surface area (TPSA) is 20.2 Å². The summed E-state index contributed by atoms with van der Waals surface area (Å²) in [6, 6.07) is 16.6. The summed E-state index contributed by atoms with van der Waals surface area (Å²) in [4.78, 5) is 2.69. The van der Waals surface area contributed by atoms with E-state index < -0.39 is 0 Å². The van der Waals surface area contributed by atoms with Crippen LogP contribution in [0.15, 0.2) is 42.5 Å². The third-order valence-electron chi connectivity index (χ3n) is 6.18. The molecule has 4 rings (SSSR count). The molecule has 2 atom stereocenters. The molecule has 1 aromatic heterocycles. The Morgan fingerprint density at radius 1 is 0.929 bits per heavy atom. The minimum Gasteiger partial charge on any atom is -0.341 e. The van der Waals surface area contributed by atoms with Crippen LogP contribution >= 0.6 is 24.8 Å². The van der Waals surface area contributed by atoms with E-state index in [9.17, 15) is 0 Å². The largest absolute Gasteiger partial charge is 0.341 e. The van der Waals surface area contributed by atoms with Crippen LogP contribution in [0.1, 0.15) is 38.8 Å². The van der Waals surface area contributed by atoms with Crippen LogP contribution in [-0.4, -0.2) is 35.6 Å². The minimum atomic E-state index is 0. The number of aryl methyl sites for hydroxylation is 1. The Kier molecular flexibility index (Phi) is 8.20. The second-order valence-corrected chi connectivity index (χ2v) is 7.65. The zero-order valence-corrected chi connectivity index (χ0v) is 18.8.